The van der Waals surface area contributed by atoms with Gasteiger partial charge in [-0.1, -0.05) is 6.07 Å². The van der Waals surface area contributed by atoms with E-state index in [1.54, 1.807) is 25.1 Å². The summed E-state index contributed by atoms with van der Waals surface area (Å²) in [7, 11) is 2.91. The van der Waals surface area contributed by atoms with E-state index in [9.17, 15) is 9.59 Å². The zero-order valence-electron chi connectivity index (χ0n) is 11.2. The van der Waals surface area contributed by atoms with Gasteiger partial charge in [0.25, 0.3) is 5.91 Å². The third-order valence-corrected chi connectivity index (χ3v) is 2.35. The first-order valence-corrected chi connectivity index (χ1v) is 5.78. The Labute approximate surface area is 111 Å². The third kappa shape index (κ3) is 3.87. The predicted octanol–water partition coefficient (Wildman–Crippen LogP) is 0.997. The molecule has 104 valence electrons. The number of carbonyl (C=O) groups is 2. The summed E-state index contributed by atoms with van der Waals surface area (Å²) in [4.78, 5) is 23.2. The van der Waals surface area contributed by atoms with Gasteiger partial charge in [0.2, 0.25) is 0 Å². The molecule has 0 fully saturated rings. The molecule has 0 spiro atoms. The summed E-state index contributed by atoms with van der Waals surface area (Å²) < 4.78 is 14.9. The van der Waals surface area contributed by atoms with Crippen LogP contribution in [0.5, 0.6) is 11.5 Å². The van der Waals surface area contributed by atoms with Crippen molar-refractivity contribution < 1.29 is 23.8 Å². The quantitative estimate of drug-likeness (QED) is 0.778. The van der Waals surface area contributed by atoms with Crippen LogP contribution in [-0.2, 0) is 9.53 Å². The molecule has 0 aliphatic rings. The molecule has 0 radical (unpaired) electrons. The van der Waals surface area contributed by atoms with Gasteiger partial charge in [0, 0.05) is 0 Å². The van der Waals surface area contributed by atoms with Crippen molar-refractivity contribution >= 4 is 11.9 Å². The summed E-state index contributed by atoms with van der Waals surface area (Å²) in [6, 6.07) is 4.99. The Hall–Kier alpha value is -2.24. The fraction of sp³-hybridized carbons (Fsp3) is 0.385. The lowest BCUT2D eigenvalue weighted by atomic mass is 10.1. The van der Waals surface area contributed by atoms with Crippen molar-refractivity contribution in [3.8, 4) is 11.5 Å². The molecule has 0 aliphatic carbocycles. The molecular formula is C13H17NO5. The first-order chi connectivity index (χ1) is 9.13. The summed E-state index contributed by atoms with van der Waals surface area (Å²) in [6.45, 7) is 1.77. The Morgan fingerprint density at radius 2 is 1.74 bits per heavy atom. The zero-order chi connectivity index (χ0) is 14.3. The van der Waals surface area contributed by atoms with Crippen molar-refractivity contribution in [1.82, 2.24) is 5.32 Å². The standard InChI is InChI=1S/C13H17NO5/c1-4-19-11(15)8-14-13(16)12-9(17-2)6-5-7-10(12)18-3/h5-7H,4,8H2,1-3H3,(H,14,16). The SMILES string of the molecule is CCOC(=O)CNC(=O)c1c(OC)cccc1OC. The van der Waals surface area contributed by atoms with Gasteiger partial charge in [-0.15, -0.1) is 0 Å². The lowest BCUT2D eigenvalue weighted by molar-refractivity contribution is -0.141. The van der Waals surface area contributed by atoms with Gasteiger partial charge in [0.15, 0.2) is 0 Å². The summed E-state index contributed by atoms with van der Waals surface area (Å²) >= 11 is 0. The topological polar surface area (TPSA) is 73.9 Å². The molecule has 0 aliphatic heterocycles. The Morgan fingerprint density at radius 3 is 2.21 bits per heavy atom. The highest BCUT2D eigenvalue weighted by molar-refractivity contribution is 6.00. The monoisotopic (exact) mass is 267 g/mol. The van der Waals surface area contributed by atoms with Crippen molar-refractivity contribution in [1.29, 1.82) is 0 Å². The largest absolute Gasteiger partial charge is 0.496 e. The molecule has 1 amide bonds. The van der Waals surface area contributed by atoms with Crippen LogP contribution < -0.4 is 14.8 Å². The number of hydrogen-bond donors (Lipinski definition) is 1. The van der Waals surface area contributed by atoms with Crippen molar-refractivity contribution in [2.24, 2.45) is 0 Å². The van der Waals surface area contributed by atoms with Crippen LogP contribution in [-0.4, -0.2) is 39.2 Å². The maximum absolute atomic E-state index is 12.0. The highest BCUT2D eigenvalue weighted by atomic mass is 16.5. The van der Waals surface area contributed by atoms with E-state index in [-0.39, 0.29) is 18.7 Å². The lowest BCUT2D eigenvalue weighted by Gasteiger charge is -2.12. The maximum Gasteiger partial charge on any atom is 0.325 e. The van der Waals surface area contributed by atoms with Crippen molar-refractivity contribution in [2.45, 2.75) is 6.92 Å². The van der Waals surface area contributed by atoms with E-state index in [2.05, 4.69) is 5.32 Å². The number of methoxy groups -OCH3 is 2. The molecule has 0 unspecified atom stereocenters. The van der Waals surface area contributed by atoms with E-state index in [0.29, 0.717) is 11.5 Å². The van der Waals surface area contributed by atoms with Gasteiger partial charge in [-0.05, 0) is 19.1 Å². The molecule has 6 nitrogen and oxygen atoms in total. The van der Waals surface area contributed by atoms with Gasteiger partial charge >= 0.3 is 5.97 Å². The first kappa shape index (κ1) is 14.8. The van der Waals surface area contributed by atoms with Crippen molar-refractivity contribution in [2.75, 3.05) is 27.4 Å². The van der Waals surface area contributed by atoms with Gasteiger partial charge in [0.05, 0.1) is 20.8 Å². The molecule has 0 saturated heterocycles. The van der Waals surface area contributed by atoms with Crippen LogP contribution in [0.1, 0.15) is 17.3 Å². The summed E-state index contributed by atoms with van der Waals surface area (Å²) in [6.07, 6.45) is 0. The van der Waals surface area contributed by atoms with Crippen molar-refractivity contribution in [3.63, 3.8) is 0 Å². The molecule has 1 aromatic rings. The fourth-order valence-corrected chi connectivity index (χ4v) is 1.53. The Kier molecular flexibility index (Phi) is 5.66. The molecule has 6 heteroatoms. The molecule has 1 aromatic carbocycles. The Morgan fingerprint density at radius 1 is 1.16 bits per heavy atom. The minimum absolute atomic E-state index is 0.201. The zero-order valence-corrected chi connectivity index (χ0v) is 11.2. The average molecular weight is 267 g/mol. The Balaban J connectivity index is 2.83. The number of rotatable bonds is 6. The smallest absolute Gasteiger partial charge is 0.325 e. The van der Waals surface area contributed by atoms with E-state index in [4.69, 9.17) is 14.2 Å². The van der Waals surface area contributed by atoms with Crippen LogP contribution in [0.2, 0.25) is 0 Å². The van der Waals surface area contributed by atoms with Crippen LogP contribution in [0.4, 0.5) is 0 Å². The van der Waals surface area contributed by atoms with Crippen LogP contribution >= 0.6 is 0 Å². The lowest BCUT2D eigenvalue weighted by Crippen LogP contribution is -2.31. The maximum atomic E-state index is 12.0. The number of esters is 1. The molecule has 0 bridgehead atoms. The average Bonchev–Trinajstić information content (AvgIpc) is 2.44. The van der Waals surface area contributed by atoms with E-state index in [1.807, 2.05) is 0 Å². The van der Waals surface area contributed by atoms with Crippen LogP contribution in [0.3, 0.4) is 0 Å². The molecule has 1 rings (SSSR count). The normalized spacial score (nSPS) is 9.63. The van der Waals surface area contributed by atoms with E-state index < -0.39 is 11.9 Å². The highest BCUT2D eigenvalue weighted by Crippen LogP contribution is 2.27. The molecule has 0 saturated carbocycles. The van der Waals surface area contributed by atoms with E-state index in [0.717, 1.165) is 0 Å². The van der Waals surface area contributed by atoms with Gasteiger partial charge in [-0.3, -0.25) is 9.59 Å². The van der Waals surface area contributed by atoms with Gasteiger partial charge in [-0.2, -0.15) is 0 Å². The summed E-state index contributed by atoms with van der Waals surface area (Å²) in [5.74, 6) is -0.200. The second-order valence-electron chi connectivity index (χ2n) is 3.53. The molecule has 1 N–H and O–H groups in total. The molecular weight excluding hydrogens is 250 g/mol. The highest BCUT2D eigenvalue weighted by Gasteiger charge is 2.18. The van der Waals surface area contributed by atoms with Gasteiger partial charge < -0.3 is 19.5 Å². The molecule has 0 heterocycles. The summed E-state index contributed by atoms with van der Waals surface area (Å²) in [5, 5.41) is 2.46. The number of hydrogen-bond acceptors (Lipinski definition) is 5. The second kappa shape index (κ2) is 7.25. The molecule has 0 atom stereocenters. The third-order valence-electron chi connectivity index (χ3n) is 2.35. The number of ether oxygens (including phenoxy) is 3. The number of amides is 1. The van der Waals surface area contributed by atoms with Crippen LogP contribution in [0.25, 0.3) is 0 Å². The van der Waals surface area contributed by atoms with E-state index in [1.165, 1.54) is 14.2 Å². The van der Waals surface area contributed by atoms with Crippen molar-refractivity contribution in [3.05, 3.63) is 23.8 Å². The molecule has 0 aromatic heterocycles. The minimum atomic E-state index is -0.496. The number of carbonyl (C=O) groups excluding carboxylic acids is 2. The number of benzene rings is 1. The van der Waals surface area contributed by atoms with Crippen LogP contribution in [0, 0.1) is 0 Å². The van der Waals surface area contributed by atoms with E-state index >= 15 is 0 Å². The Bertz CT molecular complexity index is 436. The fourth-order valence-electron chi connectivity index (χ4n) is 1.53. The summed E-state index contributed by atoms with van der Waals surface area (Å²) in [5.41, 5.74) is 0.247. The number of nitrogens with one attached hydrogen (secondary N) is 1. The predicted molar refractivity (Wildman–Crippen MR) is 68.5 cm³/mol. The molecule has 19 heavy (non-hydrogen) atoms. The first-order valence-electron chi connectivity index (χ1n) is 5.78. The second-order valence-corrected chi connectivity index (χ2v) is 3.53. The van der Waals surface area contributed by atoms with Crippen LogP contribution in [0.15, 0.2) is 18.2 Å². The minimum Gasteiger partial charge on any atom is -0.496 e. The van der Waals surface area contributed by atoms with Gasteiger partial charge in [-0.25, -0.2) is 0 Å². The van der Waals surface area contributed by atoms with Gasteiger partial charge in [0.1, 0.15) is 23.6 Å².